The van der Waals surface area contributed by atoms with Crippen LogP contribution in [0.5, 0.6) is 11.5 Å². The average Bonchev–Trinajstić information content (AvgIpc) is 2.54. The topological polar surface area (TPSA) is 33.7 Å². The molecule has 1 aliphatic heterocycles. The Morgan fingerprint density at radius 1 is 1.27 bits per heavy atom. The minimum absolute atomic E-state index is 0.408. The van der Waals surface area contributed by atoms with Gasteiger partial charge >= 0.3 is 0 Å². The predicted octanol–water partition coefficient (Wildman–Crippen LogP) is 3.14. The molecule has 124 valence electrons. The number of benzene rings is 1. The summed E-state index contributed by atoms with van der Waals surface area (Å²) in [5.74, 6) is 2.05. The average molecular weight is 306 g/mol. The Hall–Kier alpha value is -1.26. The Morgan fingerprint density at radius 2 is 2.05 bits per heavy atom. The maximum Gasteiger partial charge on any atom is 0.127 e. The van der Waals surface area contributed by atoms with E-state index in [1.807, 2.05) is 0 Å². The molecule has 0 saturated carbocycles. The molecule has 0 aromatic heterocycles. The largest absolute Gasteiger partial charge is 0.496 e. The van der Waals surface area contributed by atoms with Crippen molar-refractivity contribution in [3.8, 4) is 11.5 Å². The number of hydrogen-bond donors (Lipinski definition) is 1. The Balaban J connectivity index is 2.48. The number of ether oxygens (including phenoxy) is 2. The molecule has 0 spiro atoms. The van der Waals surface area contributed by atoms with Crippen molar-refractivity contribution in [3.05, 3.63) is 22.8 Å². The summed E-state index contributed by atoms with van der Waals surface area (Å²) in [6, 6.07) is 2.56. The maximum absolute atomic E-state index is 5.79. The Morgan fingerprint density at radius 3 is 2.64 bits per heavy atom. The van der Waals surface area contributed by atoms with Gasteiger partial charge in [-0.05, 0) is 38.9 Å². The van der Waals surface area contributed by atoms with Gasteiger partial charge in [-0.1, -0.05) is 13.8 Å². The molecule has 0 bridgehead atoms. The van der Waals surface area contributed by atoms with Gasteiger partial charge in [-0.2, -0.15) is 0 Å². The quantitative estimate of drug-likeness (QED) is 0.785. The Kier molecular flexibility index (Phi) is 6.09. The molecule has 1 heterocycles. The minimum atomic E-state index is 0.408. The van der Waals surface area contributed by atoms with Crippen molar-refractivity contribution in [2.24, 2.45) is 0 Å². The van der Waals surface area contributed by atoms with Gasteiger partial charge in [-0.3, -0.25) is 4.90 Å². The summed E-state index contributed by atoms with van der Waals surface area (Å²) >= 11 is 0. The van der Waals surface area contributed by atoms with Gasteiger partial charge in [0.25, 0.3) is 0 Å². The molecule has 0 aliphatic carbocycles. The summed E-state index contributed by atoms with van der Waals surface area (Å²) in [4.78, 5) is 2.42. The molecule has 0 radical (unpaired) electrons. The van der Waals surface area contributed by atoms with Gasteiger partial charge in [-0.25, -0.2) is 0 Å². The lowest BCUT2D eigenvalue weighted by Gasteiger charge is -2.36. The fourth-order valence-corrected chi connectivity index (χ4v) is 3.51. The van der Waals surface area contributed by atoms with Crippen LogP contribution in [0.15, 0.2) is 6.07 Å². The van der Waals surface area contributed by atoms with E-state index >= 15 is 0 Å². The van der Waals surface area contributed by atoms with Crippen molar-refractivity contribution < 1.29 is 9.47 Å². The fourth-order valence-electron chi connectivity index (χ4n) is 3.51. The molecule has 1 aromatic carbocycles. The van der Waals surface area contributed by atoms with Crippen LogP contribution in [-0.4, -0.2) is 39.3 Å². The zero-order valence-electron chi connectivity index (χ0n) is 14.7. The van der Waals surface area contributed by atoms with E-state index in [1.54, 1.807) is 14.2 Å². The molecular formula is C18H30N2O2. The number of likely N-dealkylation sites (N-methyl/N-ethyl adjacent to an activating group) is 1. The van der Waals surface area contributed by atoms with Crippen molar-refractivity contribution in [3.63, 3.8) is 0 Å². The molecule has 0 saturated heterocycles. The third-order valence-corrected chi connectivity index (χ3v) is 4.59. The molecule has 4 heteroatoms. The van der Waals surface area contributed by atoms with Crippen LogP contribution in [0.1, 0.15) is 49.4 Å². The van der Waals surface area contributed by atoms with Crippen LogP contribution in [0.4, 0.5) is 0 Å². The molecule has 0 amide bonds. The predicted molar refractivity (Wildman–Crippen MR) is 90.9 cm³/mol. The SMILES string of the molecule is CCCNCc1cc(OC)c2c(c1OC)CCN(C)C2CC. The zero-order chi connectivity index (χ0) is 16.1. The normalized spacial score (nSPS) is 18.1. The van der Waals surface area contributed by atoms with Crippen molar-refractivity contribution in [2.45, 2.75) is 45.7 Å². The molecule has 2 rings (SSSR count). The highest BCUT2D eigenvalue weighted by atomic mass is 16.5. The second-order valence-electron chi connectivity index (χ2n) is 5.99. The van der Waals surface area contributed by atoms with Gasteiger partial charge in [0.1, 0.15) is 11.5 Å². The van der Waals surface area contributed by atoms with Gasteiger partial charge in [0, 0.05) is 35.8 Å². The van der Waals surface area contributed by atoms with Gasteiger partial charge in [0.05, 0.1) is 14.2 Å². The Labute approximate surface area is 134 Å². The Bertz CT molecular complexity index is 502. The molecule has 1 unspecified atom stereocenters. The minimum Gasteiger partial charge on any atom is -0.496 e. The third-order valence-electron chi connectivity index (χ3n) is 4.59. The van der Waals surface area contributed by atoms with Crippen LogP contribution in [0.2, 0.25) is 0 Å². The highest BCUT2D eigenvalue weighted by Gasteiger charge is 2.30. The smallest absolute Gasteiger partial charge is 0.127 e. The van der Waals surface area contributed by atoms with Crippen LogP contribution in [0.3, 0.4) is 0 Å². The van der Waals surface area contributed by atoms with Crippen LogP contribution in [0.25, 0.3) is 0 Å². The van der Waals surface area contributed by atoms with Crippen molar-refractivity contribution in [1.82, 2.24) is 10.2 Å². The number of fused-ring (bicyclic) bond motifs is 1. The molecule has 22 heavy (non-hydrogen) atoms. The second kappa shape index (κ2) is 7.84. The molecule has 1 atom stereocenters. The lowest BCUT2D eigenvalue weighted by molar-refractivity contribution is 0.216. The van der Waals surface area contributed by atoms with E-state index in [9.17, 15) is 0 Å². The molecule has 1 aliphatic rings. The molecular weight excluding hydrogens is 276 g/mol. The first-order valence-corrected chi connectivity index (χ1v) is 8.35. The lowest BCUT2D eigenvalue weighted by Crippen LogP contribution is -2.32. The van der Waals surface area contributed by atoms with Crippen LogP contribution >= 0.6 is 0 Å². The van der Waals surface area contributed by atoms with E-state index in [2.05, 4.69) is 37.2 Å². The number of hydrogen-bond acceptors (Lipinski definition) is 4. The van der Waals surface area contributed by atoms with E-state index in [-0.39, 0.29) is 0 Å². The molecule has 4 nitrogen and oxygen atoms in total. The maximum atomic E-state index is 5.79. The highest BCUT2D eigenvalue weighted by molar-refractivity contribution is 5.56. The van der Waals surface area contributed by atoms with Gasteiger partial charge in [0.15, 0.2) is 0 Å². The van der Waals surface area contributed by atoms with Gasteiger partial charge in [0.2, 0.25) is 0 Å². The first-order valence-electron chi connectivity index (χ1n) is 8.35. The summed E-state index contributed by atoms with van der Waals surface area (Å²) in [5.41, 5.74) is 3.85. The summed E-state index contributed by atoms with van der Waals surface area (Å²) in [5, 5.41) is 3.47. The second-order valence-corrected chi connectivity index (χ2v) is 5.99. The summed E-state index contributed by atoms with van der Waals surface area (Å²) in [7, 11) is 5.75. The summed E-state index contributed by atoms with van der Waals surface area (Å²) in [6.45, 7) is 7.32. The molecule has 1 N–H and O–H groups in total. The number of methoxy groups -OCH3 is 2. The van der Waals surface area contributed by atoms with E-state index in [1.165, 1.54) is 16.7 Å². The van der Waals surface area contributed by atoms with Crippen molar-refractivity contribution in [1.29, 1.82) is 0 Å². The van der Waals surface area contributed by atoms with E-state index in [4.69, 9.17) is 9.47 Å². The molecule has 1 aromatic rings. The standard InChI is InChI=1S/C18H30N2O2/c1-6-9-19-12-13-11-16(21-4)17-14(18(13)22-5)8-10-20(3)15(17)7-2/h11,15,19H,6-10,12H2,1-5H3. The zero-order valence-corrected chi connectivity index (χ0v) is 14.7. The molecule has 0 fully saturated rings. The summed E-state index contributed by atoms with van der Waals surface area (Å²) < 4.78 is 11.5. The monoisotopic (exact) mass is 306 g/mol. The lowest BCUT2D eigenvalue weighted by atomic mass is 9.88. The van der Waals surface area contributed by atoms with Gasteiger partial charge < -0.3 is 14.8 Å². The first-order chi connectivity index (χ1) is 10.7. The van der Waals surface area contributed by atoms with Crippen LogP contribution < -0.4 is 14.8 Å². The fraction of sp³-hybridized carbons (Fsp3) is 0.667. The third kappa shape index (κ3) is 3.23. The number of rotatable bonds is 7. The van der Waals surface area contributed by atoms with E-state index < -0.39 is 0 Å². The van der Waals surface area contributed by atoms with Crippen LogP contribution in [0, 0.1) is 0 Å². The number of nitrogens with one attached hydrogen (secondary N) is 1. The van der Waals surface area contributed by atoms with E-state index in [0.29, 0.717) is 6.04 Å². The van der Waals surface area contributed by atoms with Crippen LogP contribution in [-0.2, 0) is 13.0 Å². The first kappa shape index (κ1) is 17.1. The van der Waals surface area contributed by atoms with Crippen molar-refractivity contribution in [2.75, 3.05) is 34.4 Å². The highest BCUT2D eigenvalue weighted by Crippen LogP contribution is 2.43. The summed E-state index contributed by atoms with van der Waals surface area (Å²) in [6.07, 6.45) is 3.23. The van der Waals surface area contributed by atoms with Crippen molar-refractivity contribution >= 4 is 0 Å². The number of nitrogens with zero attached hydrogens (tertiary/aromatic N) is 1. The van der Waals surface area contributed by atoms with E-state index in [0.717, 1.165) is 50.4 Å². The van der Waals surface area contributed by atoms with Gasteiger partial charge in [-0.15, -0.1) is 0 Å².